The van der Waals surface area contributed by atoms with Gasteiger partial charge >= 0.3 is 0 Å². The molecule has 0 saturated heterocycles. The van der Waals surface area contributed by atoms with Crippen LogP contribution >= 0.6 is 11.8 Å². The number of aromatic nitrogens is 1. The lowest BCUT2D eigenvalue weighted by Gasteiger charge is -2.08. The van der Waals surface area contributed by atoms with Crippen molar-refractivity contribution in [2.75, 3.05) is 11.1 Å². The Kier molecular flexibility index (Phi) is 6.28. The Hall–Kier alpha value is -3.58. The molecule has 1 heterocycles. The first kappa shape index (κ1) is 21.6. The molecule has 0 atom stereocenters. The Morgan fingerprint density at radius 3 is 2.53 bits per heavy atom. The summed E-state index contributed by atoms with van der Waals surface area (Å²) in [6, 6.07) is 20.6. The molecule has 1 amide bonds. The number of para-hydroxylation sites is 1. The van der Waals surface area contributed by atoms with Crippen molar-refractivity contribution in [2.24, 2.45) is 0 Å². The minimum absolute atomic E-state index is 0.0471. The molecule has 6 nitrogen and oxygen atoms in total. The van der Waals surface area contributed by atoms with Crippen molar-refractivity contribution in [3.05, 3.63) is 99.7 Å². The Labute approximate surface area is 190 Å². The average molecular weight is 446 g/mol. The number of rotatable bonds is 7. The van der Waals surface area contributed by atoms with Gasteiger partial charge in [0, 0.05) is 46.4 Å². The number of nitro groups is 1. The van der Waals surface area contributed by atoms with Gasteiger partial charge in [-0.25, -0.2) is 0 Å². The molecule has 0 aliphatic carbocycles. The van der Waals surface area contributed by atoms with E-state index in [9.17, 15) is 14.9 Å². The van der Waals surface area contributed by atoms with Gasteiger partial charge in [0.2, 0.25) is 5.91 Å². The van der Waals surface area contributed by atoms with Crippen LogP contribution in [0.4, 0.5) is 11.4 Å². The third kappa shape index (κ3) is 4.84. The zero-order valence-electron chi connectivity index (χ0n) is 17.9. The maximum atomic E-state index is 12.5. The molecule has 1 aromatic heterocycles. The molecule has 32 heavy (non-hydrogen) atoms. The van der Waals surface area contributed by atoms with Gasteiger partial charge in [-0.1, -0.05) is 48.0 Å². The van der Waals surface area contributed by atoms with E-state index in [-0.39, 0.29) is 11.6 Å². The van der Waals surface area contributed by atoms with Crippen LogP contribution in [0.5, 0.6) is 0 Å². The van der Waals surface area contributed by atoms with Crippen LogP contribution in [-0.4, -0.2) is 21.2 Å². The van der Waals surface area contributed by atoms with Crippen LogP contribution in [0.3, 0.4) is 0 Å². The second kappa shape index (κ2) is 9.28. The van der Waals surface area contributed by atoms with Crippen LogP contribution in [0.15, 0.2) is 77.8 Å². The smallest absolute Gasteiger partial charge is 0.269 e. The first-order chi connectivity index (χ1) is 15.4. The van der Waals surface area contributed by atoms with Crippen molar-refractivity contribution in [2.45, 2.75) is 25.3 Å². The topological polar surface area (TPSA) is 77.2 Å². The van der Waals surface area contributed by atoms with Crippen molar-refractivity contribution in [1.29, 1.82) is 0 Å². The molecular weight excluding hydrogens is 422 g/mol. The zero-order valence-corrected chi connectivity index (χ0v) is 18.7. The van der Waals surface area contributed by atoms with E-state index in [0.717, 1.165) is 38.2 Å². The number of aryl methyl sites for hydroxylation is 2. The average Bonchev–Trinajstić information content (AvgIpc) is 3.12. The number of hydrogen-bond acceptors (Lipinski definition) is 4. The second-order valence-electron chi connectivity index (χ2n) is 7.72. The van der Waals surface area contributed by atoms with Crippen molar-refractivity contribution >= 4 is 39.9 Å². The van der Waals surface area contributed by atoms with E-state index in [2.05, 4.69) is 16.0 Å². The molecule has 0 aliphatic rings. The minimum Gasteiger partial charge on any atom is -0.342 e. The molecule has 4 rings (SSSR count). The number of nitrogens with one attached hydrogen (secondary N) is 1. The maximum Gasteiger partial charge on any atom is 0.269 e. The number of hydrogen-bond donors (Lipinski definition) is 1. The molecule has 3 aromatic carbocycles. The number of thioether (sulfide) groups is 1. The van der Waals surface area contributed by atoms with Gasteiger partial charge in [0.05, 0.1) is 10.7 Å². The summed E-state index contributed by atoms with van der Waals surface area (Å²) in [5.41, 5.74) is 5.15. The largest absolute Gasteiger partial charge is 0.342 e. The van der Waals surface area contributed by atoms with Crippen LogP contribution < -0.4 is 5.32 Å². The first-order valence-corrected chi connectivity index (χ1v) is 11.2. The summed E-state index contributed by atoms with van der Waals surface area (Å²) in [5.74, 6) is 0.257. The Balaban J connectivity index is 1.49. The van der Waals surface area contributed by atoms with E-state index in [4.69, 9.17) is 0 Å². The lowest BCUT2D eigenvalue weighted by Crippen LogP contribution is -2.14. The van der Waals surface area contributed by atoms with Gasteiger partial charge in [-0.15, -0.1) is 11.8 Å². The summed E-state index contributed by atoms with van der Waals surface area (Å²) in [6.45, 7) is 4.61. The summed E-state index contributed by atoms with van der Waals surface area (Å²) in [6.07, 6.45) is 2.04. The summed E-state index contributed by atoms with van der Waals surface area (Å²) in [7, 11) is 0. The van der Waals surface area contributed by atoms with E-state index in [0.29, 0.717) is 12.3 Å². The van der Waals surface area contributed by atoms with Crippen LogP contribution in [-0.2, 0) is 11.3 Å². The first-order valence-electron chi connectivity index (χ1n) is 10.2. The number of carbonyl (C=O) groups is 1. The summed E-state index contributed by atoms with van der Waals surface area (Å²) < 4.78 is 2.11. The number of benzene rings is 3. The van der Waals surface area contributed by atoms with Gasteiger partial charge in [-0.05, 0) is 37.1 Å². The van der Waals surface area contributed by atoms with E-state index >= 15 is 0 Å². The normalized spacial score (nSPS) is 10.9. The van der Waals surface area contributed by atoms with E-state index in [1.54, 1.807) is 12.1 Å². The van der Waals surface area contributed by atoms with Gasteiger partial charge in [0.1, 0.15) is 0 Å². The van der Waals surface area contributed by atoms with Crippen LogP contribution in [0.25, 0.3) is 10.9 Å². The quantitative estimate of drug-likeness (QED) is 0.217. The van der Waals surface area contributed by atoms with Crippen molar-refractivity contribution in [3.8, 4) is 0 Å². The molecule has 4 aromatic rings. The second-order valence-corrected chi connectivity index (χ2v) is 8.73. The molecule has 0 unspecified atom stereocenters. The van der Waals surface area contributed by atoms with Crippen LogP contribution in [0, 0.1) is 24.0 Å². The van der Waals surface area contributed by atoms with Crippen molar-refractivity contribution < 1.29 is 9.72 Å². The highest BCUT2D eigenvalue weighted by Gasteiger charge is 2.12. The Bertz CT molecular complexity index is 1300. The zero-order chi connectivity index (χ0) is 22.7. The number of nitrogens with zero attached hydrogens (tertiary/aromatic N) is 2. The van der Waals surface area contributed by atoms with Gasteiger partial charge in [-0.3, -0.25) is 14.9 Å². The van der Waals surface area contributed by atoms with E-state index in [1.807, 2.05) is 56.4 Å². The maximum absolute atomic E-state index is 12.5. The molecule has 0 saturated carbocycles. The number of fused-ring (bicyclic) bond motifs is 1. The highest BCUT2D eigenvalue weighted by Crippen LogP contribution is 2.31. The summed E-state index contributed by atoms with van der Waals surface area (Å²) >= 11 is 1.50. The number of amides is 1. The molecule has 1 N–H and O–H groups in total. The third-order valence-electron chi connectivity index (χ3n) is 5.27. The van der Waals surface area contributed by atoms with Crippen molar-refractivity contribution in [3.63, 3.8) is 0 Å². The fourth-order valence-electron chi connectivity index (χ4n) is 3.66. The van der Waals surface area contributed by atoms with Gasteiger partial charge in [0.15, 0.2) is 0 Å². The number of carbonyl (C=O) groups excluding carboxylic acids is 1. The lowest BCUT2D eigenvalue weighted by atomic mass is 10.1. The van der Waals surface area contributed by atoms with Gasteiger partial charge in [0.25, 0.3) is 5.69 Å². The summed E-state index contributed by atoms with van der Waals surface area (Å²) in [5, 5.41) is 15.0. The SMILES string of the molecule is Cc1ccc(NC(=O)CSc2cn(Cc3ccc([N+](=O)[O-])cc3)c3ccccc23)c(C)c1. The monoisotopic (exact) mass is 445 g/mol. The number of non-ortho nitro benzene ring substituents is 1. The predicted molar refractivity (Wildman–Crippen MR) is 129 cm³/mol. The third-order valence-corrected chi connectivity index (χ3v) is 6.31. The Morgan fingerprint density at radius 2 is 1.81 bits per heavy atom. The standard InChI is InChI=1S/C25H23N3O3S/c1-17-7-12-22(18(2)13-17)26-25(29)16-32-24-15-27(23-6-4-3-5-21(23)24)14-19-8-10-20(11-9-19)28(30)31/h3-13,15H,14,16H2,1-2H3,(H,26,29). The number of anilines is 1. The molecule has 0 aliphatic heterocycles. The van der Waals surface area contributed by atoms with Gasteiger partial charge in [-0.2, -0.15) is 0 Å². The van der Waals surface area contributed by atoms with Crippen molar-refractivity contribution in [1.82, 2.24) is 4.57 Å². The van der Waals surface area contributed by atoms with Gasteiger partial charge < -0.3 is 9.88 Å². The molecule has 0 bridgehead atoms. The van der Waals surface area contributed by atoms with Crippen LogP contribution in [0.2, 0.25) is 0 Å². The Morgan fingerprint density at radius 1 is 1.06 bits per heavy atom. The molecular formula is C25H23N3O3S. The fraction of sp³-hybridized carbons (Fsp3) is 0.160. The fourth-order valence-corrected chi connectivity index (χ4v) is 4.55. The molecule has 7 heteroatoms. The van der Waals surface area contributed by atoms with Crippen LogP contribution in [0.1, 0.15) is 16.7 Å². The highest BCUT2D eigenvalue weighted by molar-refractivity contribution is 8.00. The number of nitro benzene ring substituents is 1. The molecule has 162 valence electrons. The van der Waals surface area contributed by atoms with E-state index < -0.39 is 4.92 Å². The molecule has 0 fully saturated rings. The minimum atomic E-state index is -0.396. The van der Waals surface area contributed by atoms with E-state index in [1.165, 1.54) is 23.9 Å². The lowest BCUT2D eigenvalue weighted by molar-refractivity contribution is -0.384. The predicted octanol–water partition coefficient (Wildman–Crippen LogP) is 5.95. The summed E-state index contributed by atoms with van der Waals surface area (Å²) in [4.78, 5) is 24.1. The molecule has 0 radical (unpaired) electrons. The molecule has 0 spiro atoms. The highest BCUT2D eigenvalue weighted by atomic mass is 32.2.